The van der Waals surface area contributed by atoms with Gasteiger partial charge in [0.25, 0.3) is 5.91 Å². The lowest BCUT2D eigenvalue weighted by molar-refractivity contribution is -0.121. The molecule has 1 aromatic heterocycles. The summed E-state index contributed by atoms with van der Waals surface area (Å²) in [6, 6.07) is 11.1. The summed E-state index contributed by atoms with van der Waals surface area (Å²) in [6.45, 7) is 5.64. The SMILES string of the molecule is Cc1cccc(N[C@H](C)C(=O)N/N=C\c2ccc(C)o2)c1. The highest BCUT2D eigenvalue weighted by atomic mass is 16.3. The van der Waals surface area contributed by atoms with Crippen LogP contribution in [0.3, 0.4) is 0 Å². The number of carbonyl (C=O) groups is 1. The van der Waals surface area contributed by atoms with Crippen LogP contribution in [-0.2, 0) is 4.79 Å². The predicted molar refractivity (Wildman–Crippen MR) is 83.4 cm³/mol. The van der Waals surface area contributed by atoms with Crippen molar-refractivity contribution in [3.8, 4) is 0 Å². The van der Waals surface area contributed by atoms with E-state index in [0.717, 1.165) is 17.0 Å². The van der Waals surface area contributed by atoms with Crippen LogP contribution in [0.2, 0.25) is 0 Å². The Morgan fingerprint density at radius 1 is 1.29 bits per heavy atom. The van der Waals surface area contributed by atoms with E-state index >= 15 is 0 Å². The molecule has 1 heterocycles. The van der Waals surface area contributed by atoms with Crippen LogP contribution in [0, 0.1) is 13.8 Å². The van der Waals surface area contributed by atoms with Crippen LogP contribution in [0.1, 0.15) is 24.0 Å². The van der Waals surface area contributed by atoms with Crippen molar-refractivity contribution in [1.82, 2.24) is 5.43 Å². The lowest BCUT2D eigenvalue weighted by Gasteiger charge is -2.13. The fourth-order valence-corrected chi connectivity index (χ4v) is 1.83. The molecule has 5 nitrogen and oxygen atoms in total. The van der Waals surface area contributed by atoms with Gasteiger partial charge < -0.3 is 9.73 Å². The van der Waals surface area contributed by atoms with Crippen molar-refractivity contribution in [2.24, 2.45) is 5.10 Å². The first-order valence-corrected chi connectivity index (χ1v) is 6.77. The Labute approximate surface area is 124 Å². The minimum Gasteiger partial charge on any atom is -0.460 e. The molecule has 0 bridgehead atoms. The number of nitrogens with one attached hydrogen (secondary N) is 2. The van der Waals surface area contributed by atoms with Crippen molar-refractivity contribution in [3.63, 3.8) is 0 Å². The summed E-state index contributed by atoms with van der Waals surface area (Å²) in [6.07, 6.45) is 1.48. The van der Waals surface area contributed by atoms with E-state index in [1.54, 1.807) is 13.0 Å². The van der Waals surface area contributed by atoms with Crippen LogP contribution in [-0.4, -0.2) is 18.2 Å². The highest BCUT2D eigenvalue weighted by molar-refractivity contribution is 5.85. The van der Waals surface area contributed by atoms with E-state index in [1.165, 1.54) is 6.21 Å². The maximum absolute atomic E-state index is 11.9. The average molecular weight is 285 g/mol. The second-order valence-electron chi connectivity index (χ2n) is 4.92. The van der Waals surface area contributed by atoms with Gasteiger partial charge in [-0.1, -0.05) is 12.1 Å². The number of hydrogen-bond donors (Lipinski definition) is 2. The van der Waals surface area contributed by atoms with Crippen molar-refractivity contribution in [1.29, 1.82) is 0 Å². The quantitative estimate of drug-likeness (QED) is 0.655. The number of anilines is 1. The van der Waals surface area contributed by atoms with Gasteiger partial charge in [0.1, 0.15) is 17.6 Å². The molecular weight excluding hydrogens is 266 g/mol. The number of rotatable bonds is 5. The van der Waals surface area contributed by atoms with Gasteiger partial charge in [-0.3, -0.25) is 4.79 Å². The first kappa shape index (κ1) is 14.8. The molecule has 0 aliphatic heterocycles. The van der Waals surface area contributed by atoms with E-state index in [2.05, 4.69) is 15.8 Å². The van der Waals surface area contributed by atoms with E-state index in [0.29, 0.717) is 5.76 Å². The summed E-state index contributed by atoms with van der Waals surface area (Å²) in [7, 11) is 0. The largest absolute Gasteiger partial charge is 0.460 e. The lowest BCUT2D eigenvalue weighted by atomic mass is 10.2. The Balaban J connectivity index is 1.86. The maximum atomic E-state index is 11.9. The number of hydrazone groups is 1. The fourth-order valence-electron chi connectivity index (χ4n) is 1.83. The van der Waals surface area contributed by atoms with Gasteiger partial charge in [0.2, 0.25) is 0 Å². The Hall–Kier alpha value is -2.56. The van der Waals surface area contributed by atoms with Crippen LogP contribution >= 0.6 is 0 Å². The van der Waals surface area contributed by atoms with Crippen molar-refractivity contribution >= 4 is 17.8 Å². The molecular formula is C16H19N3O2. The maximum Gasteiger partial charge on any atom is 0.262 e. The molecule has 0 saturated heterocycles. The van der Waals surface area contributed by atoms with Crippen molar-refractivity contribution < 1.29 is 9.21 Å². The zero-order valence-electron chi connectivity index (χ0n) is 12.4. The highest BCUT2D eigenvalue weighted by Crippen LogP contribution is 2.10. The molecule has 0 unspecified atom stereocenters. The molecule has 2 rings (SSSR count). The van der Waals surface area contributed by atoms with Crippen LogP contribution < -0.4 is 10.7 Å². The van der Waals surface area contributed by atoms with Crippen molar-refractivity contribution in [2.45, 2.75) is 26.8 Å². The molecule has 2 aromatic rings. The second-order valence-corrected chi connectivity index (χ2v) is 4.92. The van der Waals surface area contributed by atoms with Crippen LogP contribution in [0.15, 0.2) is 45.9 Å². The third kappa shape index (κ3) is 4.49. The van der Waals surface area contributed by atoms with Gasteiger partial charge in [-0.25, -0.2) is 5.43 Å². The molecule has 5 heteroatoms. The first-order valence-electron chi connectivity index (χ1n) is 6.77. The molecule has 1 atom stereocenters. The summed E-state index contributed by atoms with van der Waals surface area (Å²) in [5.74, 6) is 1.19. The van der Waals surface area contributed by atoms with Gasteiger partial charge in [0.15, 0.2) is 0 Å². The molecule has 1 amide bonds. The minimum atomic E-state index is -0.387. The Kier molecular flexibility index (Phi) is 4.77. The van der Waals surface area contributed by atoms with Crippen LogP contribution in [0.4, 0.5) is 5.69 Å². The number of nitrogens with zero attached hydrogens (tertiary/aromatic N) is 1. The molecule has 0 saturated carbocycles. The third-order valence-electron chi connectivity index (χ3n) is 2.92. The van der Waals surface area contributed by atoms with Gasteiger partial charge in [0, 0.05) is 5.69 Å². The molecule has 0 aliphatic carbocycles. The topological polar surface area (TPSA) is 66.6 Å². The normalized spacial score (nSPS) is 12.3. The minimum absolute atomic E-state index is 0.212. The molecule has 0 fully saturated rings. The monoisotopic (exact) mass is 285 g/mol. The molecule has 21 heavy (non-hydrogen) atoms. The fraction of sp³-hybridized carbons (Fsp3) is 0.250. The molecule has 0 spiro atoms. The van der Waals surface area contributed by atoms with Gasteiger partial charge in [-0.2, -0.15) is 5.10 Å². The molecule has 1 aromatic carbocycles. The van der Waals surface area contributed by atoms with Gasteiger partial charge in [-0.15, -0.1) is 0 Å². The molecule has 110 valence electrons. The van der Waals surface area contributed by atoms with E-state index < -0.39 is 0 Å². The summed E-state index contributed by atoms with van der Waals surface area (Å²) < 4.78 is 5.32. The van der Waals surface area contributed by atoms with E-state index in [9.17, 15) is 4.79 Å². The Morgan fingerprint density at radius 2 is 2.10 bits per heavy atom. The number of hydrogen-bond acceptors (Lipinski definition) is 4. The number of benzene rings is 1. The molecule has 0 radical (unpaired) electrons. The summed E-state index contributed by atoms with van der Waals surface area (Å²) in [4.78, 5) is 11.9. The molecule has 0 aliphatic rings. The first-order chi connectivity index (χ1) is 10.0. The van der Waals surface area contributed by atoms with Crippen LogP contribution in [0.5, 0.6) is 0 Å². The zero-order chi connectivity index (χ0) is 15.2. The third-order valence-corrected chi connectivity index (χ3v) is 2.92. The van der Waals surface area contributed by atoms with Gasteiger partial charge >= 0.3 is 0 Å². The van der Waals surface area contributed by atoms with E-state index in [-0.39, 0.29) is 11.9 Å². The summed E-state index contributed by atoms with van der Waals surface area (Å²) in [5, 5.41) is 7.00. The number of amides is 1. The van der Waals surface area contributed by atoms with Crippen molar-refractivity contribution in [2.75, 3.05) is 5.32 Å². The molecule has 2 N–H and O–H groups in total. The average Bonchev–Trinajstić information content (AvgIpc) is 2.84. The summed E-state index contributed by atoms with van der Waals surface area (Å²) >= 11 is 0. The van der Waals surface area contributed by atoms with E-state index in [4.69, 9.17) is 4.42 Å². The van der Waals surface area contributed by atoms with Gasteiger partial charge in [-0.05, 0) is 50.6 Å². The van der Waals surface area contributed by atoms with Crippen molar-refractivity contribution in [3.05, 3.63) is 53.5 Å². The van der Waals surface area contributed by atoms with Crippen LogP contribution in [0.25, 0.3) is 0 Å². The number of aryl methyl sites for hydroxylation is 2. The smallest absolute Gasteiger partial charge is 0.262 e. The Bertz CT molecular complexity index is 646. The van der Waals surface area contributed by atoms with E-state index in [1.807, 2.05) is 44.2 Å². The summed E-state index contributed by atoms with van der Waals surface area (Å²) in [5.41, 5.74) is 4.53. The standard InChI is InChI=1S/C16H19N3O2/c1-11-5-4-6-14(9-11)18-13(3)16(20)19-17-10-15-8-7-12(2)21-15/h4-10,13,18H,1-3H3,(H,19,20)/b17-10-/t13-/m1/s1. The highest BCUT2D eigenvalue weighted by Gasteiger charge is 2.11. The van der Waals surface area contributed by atoms with Gasteiger partial charge in [0.05, 0.1) is 6.21 Å². The number of carbonyl (C=O) groups excluding carboxylic acids is 1. The Morgan fingerprint density at radius 3 is 2.76 bits per heavy atom. The second kappa shape index (κ2) is 6.74. The number of furan rings is 1. The lowest BCUT2D eigenvalue weighted by Crippen LogP contribution is -2.34. The zero-order valence-corrected chi connectivity index (χ0v) is 12.4. The predicted octanol–water partition coefficient (Wildman–Crippen LogP) is 2.85.